The van der Waals surface area contributed by atoms with Crippen LogP contribution in [0.4, 0.5) is 0 Å². The highest BCUT2D eigenvalue weighted by molar-refractivity contribution is 7.91. The third-order valence-electron chi connectivity index (χ3n) is 3.99. The van der Waals surface area contributed by atoms with E-state index in [-0.39, 0.29) is 12.1 Å². The first-order chi connectivity index (χ1) is 10.4. The van der Waals surface area contributed by atoms with Gasteiger partial charge in [-0.3, -0.25) is 0 Å². The van der Waals surface area contributed by atoms with Crippen molar-refractivity contribution >= 4 is 32.7 Å². The van der Waals surface area contributed by atoms with E-state index in [4.69, 9.17) is 0 Å². The van der Waals surface area contributed by atoms with Crippen molar-refractivity contribution in [3.63, 3.8) is 0 Å². The molecular formula is C14H19N3O2S3. The number of thiazole rings is 1. The molecule has 0 saturated carbocycles. The fraction of sp³-hybridized carbons (Fsp3) is 0.500. The molecular weight excluding hydrogens is 338 g/mol. The number of hydrogen-bond acceptors (Lipinski definition) is 6. The largest absolute Gasteiger partial charge is 0.311 e. The molecule has 1 aliphatic rings. The molecule has 2 aromatic rings. The van der Waals surface area contributed by atoms with Crippen LogP contribution in [0.2, 0.25) is 0 Å². The lowest BCUT2D eigenvalue weighted by atomic mass is 10.1. The SMILES string of the molecule is Cc1nc(-c2ccc(S(=O)(=O)N3CCNC(C)C3C)s2)cs1. The molecule has 0 radical (unpaired) electrons. The van der Waals surface area contributed by atoms with Crippen LogP contribution in [0, 0.1) is 6.92 Å². The Hall–Kier alpha value is -0.800. The number of piperazine rings is 1. The highest BCUT2D eigenvalue weighted by Crippen LogP contribution is 2.33. The molecule has 0 aliphatic carbocycles. The Morgan fingerprint density at radius 1 is 1.36 bits per heavy atom. The summed E-state index contributed by atoms with van der Waals surface area (Å²) in [5.41, 5.74) is 0.857. The van der Waals surface area contributed by atoms with Crippen LogP contribution in [0.15, 0.2) is 21.7 Å². The smallest absolute Gasteiger partial charge is 0.252 e. The molecule has 1 N–H and O–H groups in total. The van der Waals surface area contributed by atoms with E-state index in [1.54, 1.807) is 21.7 Å². The van der Waals surface area contributed by atoms with Crippen LogP contribution in [-0.4, -0.2) is 42.9 Å². The lowest BCUT2D eigenvalue weighted by molar-refractivity contribution is 0.233. The third kappa shape index (κ3) is 2.85. The predicted octanol–water partition coefficient (Wildman–Crippen LogP) is 2.55. The maximum Gasteiger partial charge on any atom is 0.252 e. The number of rotatable bonds is 3. The fourth-order valence-electron chi connectivity index (χ4n) is 2.55. The van der Waals surface area contributed by atoms with Gasteiger partial charge in [0.25, 0.3) is 10.0 Å². The Labute approximate surface area is 139 Å². The molecule has 3 rings (SSSR count). The first-order valence-electron chi connectivity index (χ1n) is 7.17. The lowest BCUT2D eigenvalue weighted by Crippen LogP contribution is -2.56. The summed E-state index contributed by atoms with van der Waals surface area (Å²) in [6.45, 7) is 7.12. The first-order valence-corrected chi connectivity index (χ1v) is 10.3. The summed E-state index contributed by atoms with van der Waals surface area (Å²) in [5.74, 6) is 0. The Balaban J connectivity index is 1.91. The van der Waals surface area contributed by atoms with E-state index in [0.29, 0.717) is 17.3 Å². The van der Waals surface area contributed by atoms with Crippen molar-refractivity contribution in [3.05, 3.63) is 22.5 Å². The van der Waals surface area contributed by atoms with Gasteiger partial charge in [0.05, 0.1) is 15.6 Å². The Kier molecular flexibility index (Phi) is 4.39. The minimum absolute atomic E-state index is 0.0502. The molecule has 5 nitrogen and oxygen atoms in total. The minimum Gasteiger partial charge on any atom is -0.311 e. The molecule has 2 unspecified atom stereocenters. The van der Waals surface area contributed by atoms with E-state index in [2.05, 4.69) is 10.3 Å². The van der Waals surface area contributed by atoms with Crippen LogP contribution >= 0.6 is 22.7 Å². The molecule has 3 heterocycles. The average molecular weight is 358 g/mol. The van der Waals surface area contributed by atoms with Crippen LogP contribution in [0.5, 0.6) is 0 Å². The third-order valence-corrected chi connectivity index (χ3v) is 8.33. The van der Waals surface area contributed by atoms with Crippen molar-refractivity contribution in [1.29, 1.82) is 0 Å². The normalized spacial score (nSPS) is 23.8. The summed E-state index contributed by atoms with van der Waals surface area (Å²) in [6, 6.07) is 3.65. The van der Waals surface area contributed by atoms with Crippen molar-refractivity contribution in [2.45, 2.75) is 37.1 Å². The number of nitrogens with zero attached hydrogens (tertiary/aromatic N) is 2. The van der Waals surface area contributed by atoms with E-state index in [1.807, 2.05) is 32.2 Å². The highest BCUT2D eigenvalue weighted by Gasteiger charge is 2.35. The summed E-state index contributed by atoms with van der Waals surface area (Å²) in [7, 11) is -3.44. The van der Waals surface area contributed by atoms with Crippen LogP contribution in [0.25, 0.3) is 10.6 Å². The minimum atomic E-state index is -3.44. The van der Waals surface area contributed by atoms with Crippen molar-refractivity contribution in [1.82, 2.24) is 14.6 Å². The number of aromatic nitrogens is 1. The second-order valence-corrected chi connectivity index (χ2v) is 9.73. The summed E-state index contributed by atoms with van der Waals surface area (Å²) >= 11 is 2.87. The summed E-state index contributed by atoms with van der Waals surface area (Å²) in [5, 5.41) is 6.26. The molecule has 1 fully saturated rings. The number of nitrogens with one attached hydrogen (secondary N) is 1. The molecule has 8 heteroatoms. The van der Waals surface area contributed by atoms with Gasteiger partial charge in [0, 0.05) is 30.6 Å². The zero-order chi connectivity index (χ0) is 15.9. The van der Waals surface area contributed by atoms with Crippen molar-refractivity contribution in [2.75, 3.05) is 13.1 Å². The molecule has 1 saturated heterocycles. The highest BCUT2D eigenvalue weighted by atomic mass is 32.2. The maximum atomic E-state index is 12.9. The molecule has 120 valence electrons. The van der Waals surface area contributed by atoms with E-state index in [9.17, 15) is 8.42 Å². The van der Waals surface area contributed by atoms with Gasteiger partial charge in [-0.1, -0.05) is 0 Å². The topological polar surface area (TPSA) is 62.3 Å². The summed E-state index contributed by atoms with van der Waals surface area (Å²) in [6.07, 6.45) is 0. The van der Waals surface area contributed by atoms with Gasteiger partial charge in [-0.05, 0) is 32.9 Å². The molecule has 2 atom stereocenters. The van der Waals surface area contributed by atoms with Crippen molar-refractivity contribution < 1.29 is 8.42 Å². The molecule has 22 heavy (non-hydrogen) atoms. The predicted molar refractivity (Wildman–Crippen MR) is 91.0 cm³/mol. The molecule has 0 amide bonds. The van der Waals surface area contributed by atoms with Crippen LogP contribution < -0.4 is 5.32 Å². The molecule has 0 aromatic carbocycles. The molecule has 0 bridgehead atoms. The van der Waals surface area contributed by atoms with Gasteiger partial charge >= 0.3 is 0 Å². The standard InChI is InChI=1S/C14H19N3O2S3/c1-9-10(2)17(7-6-15-9)22(18,19)14-5-4-13(21-14)12-8-20-11(3)16-12/h4-5,8-10,15H,6-7H2,1-3H3. The quantitative estimate of drug-likeness (QED) is 0.917. The molecule has 2 aromatic heterocycles. The van der Waals surface area contributed by atoms with Crippen molar-refractivity contribution in [2.24, 2.45) is 0 Å². The summed E-state index contributed by atoms with van der Waals surface area (Å²) < 4.78 is 27.8. The van der Waals surface area contributed by atoms with Gasteiger partial charge in [0.2, 0.25) is 0 Å². The van der Waals surface area contributed by atoms with Crippen LogP contribution in [0.3, 0.4) is 0 Å². The monoisotopic (exact) mass is 357 g/mol. The number of thiophene rings is 1. The van der Waals surface area contributed by atoms with Gasteiger partial charge in [0.15, 0.2) is 0 Å². The van der Waals surface area contributed by atoms with Gasteiger partial charge in [-0.15, -0.1) is 22.7 Å². The number of aryl methyl sites for hydroxylation is 1. The number of hydrogen-bond donors (Lipinski definition) is 1. The van der Waals surface area contributed by atoms with Crippen LogP contribution in [-0.2, 0) is 10.0 Å². The second kappa shape index (κ2) is 6.01. The van der Waals surface area contributed by atoms with E-state index < -0.39 is 10.0 Å². The van der Waals surface area contributed by atoms with Crippen molar-refractivity contribution in [3.8, 4) is 10.6 Å². The second-order valence-electron chi connectivity index (χ2n) is 5.47. The van der Waals surface area contributed by atoms with Gasteiger partial charge in [-0.25, -0.2) is 13.4 Å². The van der Waals surface area contributed by atoms with E-state index in [0.717, 1.165) is 15.6 Å². The van der Waals surface area contributed by atoms with E-state index in [1.165, 1.54) is 11.3 Å². The maximum absolute atomic E-state index is 12.9. The van der Waals surface area contributed by atoms with E-state index >= 15 is 0 Å². The summed E-state index contributed by atoms with van der Waals surface area (Å²) in [4.78, 5) is 5.33. The van der Waals surface area contributed by atoms with Gasteiger partial charge in [-0.2, -0.15) is 4.31 Å². The zero-order valence-corrected chi connectivity index (χ0v) is 15.2. The lowest BCUT2D eigenvalue weighted by Gasteiger charge is -2.37. The Morgan fingerprint density at radius 3 is 2.82 bits per heavy atom. The Morgan fingerprint density at radius 2 is 2.14 bits per heavy atom. The van der Waals surface area contributed by atoms with Gasteiger partial charge in [0.1, 0.15) is 4.21 Å². The van der Waals surface area contributed by atoms with Gasteiger partial charge < -0.3 is 5.32 Å². The fourth-order valence-corrected chi connectivity index (χ4v) is 6.34. The number of sulfonamides is 1. The molecule has 0 spiro atoms. The molecule has 1 aliphatic heterocycles. The average Bonchev–Trinajstić information content (AvgIpc) is 3.10. The zero-order valence-electron chi connectivity index (χ0n) is 12.7. The van der Waals surface area contributed by atoms with Crippen LogP contribution in [0.1, 0.15) is 18.9 Å². The Bertz CT molecular complexity index is 766. The first kappa shape index (κ1) is 16.1.